The van der Waals surface area contributed by atoms with Crippen molar-refractivity contribution < 1.29 is 19.4 Å². The molecule has 5 heteroatoms. The number of piperidine rings is 1. The standard InChI is InChI=1S/C16H21NO4/c1-2-16(14(18)19)9-6-10-17(12-16)15(20)21-11-13-7-4-3-5-8-13/h3-5,7-8H,2,6,9-12H2,1H3,(H,18,19)/t16-/m1/s1. The Labute approximate surface area is 124 Å². The zero-order valence-corrected chi connectivity index (χ0v) is 12.2. The highest BCUT2D eigenvalue weighted by Gasteiger charge is 2.42. The average molecular weight is 291 g/mol. The topological polar surface area (TPSA) is 66.8 Å². The van der Waals surface area contributed by atoms with E-state index in [1.54, 1.807) is 0 Å². The van der Waals surface area contributed by atoms with Crippen molar-refractivity contribution in [3.63, 3.8) is 0 Å². The van der Waals surface area contributed by atoms with E-state index in [2.05, 4.69) is 0 Å². The van der Waals surface area contributed by atoms with Crippen LogP contribution in [0.25, 0.3) is 0 Å². The Kier molecular flexibility index (Phi) is 4.83. The zero-order valence-electron chi connectivity index (χ0n) is 12.2. The van der Waals surface area contributed by atoms with Gasteiger partial charge in [-0.2, -0.15) is 0 Å². The highest BCUT2D eigenvalue weighted by molar-refractivity contribution is 5.77. The van der Waals surface area contributed by atoms with Gasteiger partial charge in [-0.15, -0.1) is 0 Å². The van der Waals surface area contributed by atoms with Gasteiger partial charge < -0.3 is 14.7 Å². The van der Waals surface area contributed by atoms with Crippen LogP contribution in [0.1, 0.15) is 31.7 Å². The fraction of sp³-hybridized carbons (Fsp3) is 0.500. The molecule has 0 bridgehead atoms. The monoisotopic (exact) mass is 291 g/mol. The number of amides is 1. The maximum Gasteiger partial charge on any atom is 0.410 e. The first-order valence-corrected chi connectivity index (χ1v) is 7.26. The van der Waals surface area contributed by atoms with Crippen LogP contribution in [0.4, 0.5) is 4.79 Å². The van der Waals surface area contributed by atoms with Crippen molar-refractivity contribution in [2.45, 2.75) is 32.8 Å². The molecular weight excluding hydrogens is 270 g/mol. The highest BCUT2D eigenvalue weighted by Crippen LogP contribution is 2.33. The molecule has 1 aliphatic heterocycles. The lowest BCUT2D eigenvalue weighted by Crippen LogP contribution is -2.49. The molecule has 2 rings (SSSR count). The predicted molar refractivity (Wildman–Crippen MR) is 77.8 cm³/mol. The van der Waals surface area contributed by atoms with Crippen LogP contribution in [-0.2, 0) is 16.1 Å². The first-order chi connectivity index (χ1) is 10.1. The van der Waals surface area contributed by atoms with Gasteiger partial charge in [-0.1, -0.05) is 37.3 Å². The Morgan fingerprint density at radius 1 is 1.33 bits per heavy atom. The molecule has 0 aromatic heterocycles. The van der Waals surface area contributed by atoms with E-state index >= 15 is 0 Å². The Morgan fingerprint density at radius 3 is 2.67 bits per heavy atom. The number of carboxylic acid groups (broad SMARTS) is 1. The number of carbonyl (C=O) groups is 2. The SMILES string of the molecule is CC[C@@]1(C(=O)O)CCCN(C(=O)OCc2ccccc2)C1. The first-order valence-electron chi connectivity index (χ1n) is 7.26. The van der Waals surface area contributed by atoms with Crippen molar-refractivity contribution in [2.75, 3.05) is 13.1 Å². The molecule has 0 spiro atoms. The molecule has 1 amide bonds. The molecule has 1 saturated heterocycles. The molecule has 1 aromatic rings. The minimum Gasteiger partial charge on any atom is -0.481 e. The maximum absolute atomic E-state index is 12.1. The van der Waals surface area contributed by atoms with Crippen molar-refractivity contribution in [1.82, 2.24) is 4.90 Å². The van der Waals surface area contributed by atoms with E-state index in [0.717, 1.165) is 5.56 Å². The van der Waals surface area contributed by atoms with Gasteiger partial charge in [0.05, 0.1) is 5.41 Å². The summed E-state index contributed by atoms with van der Waals surface area (Å²) in [5, 5.41) is 9.42. The van der Waals surface area contributed by atoms with E-state index in [1.165, 1.54) is 4.90 Å². The quantitative estimate of drug-likeness (QED) is 0.926. The third-order valence-electron chi connectivity index (χ3n) is 4.17. The lowest BCUT2D eigenvalue weighted by atomic mass is 9.78. The fourth-order valence-electron chi connectivity index (χ4n) is 2.71. The molecule has 1 aromatic carbocycles. The van der Waals surface area contributed by atoms with Crippen LogP contribution in [0.2, 0.25) is 0 Å². The molecule has 1 aliphatic rings. The number of carboxylic acids is 1. The lowest BCUT2D eigenvalue weighted by Gasteiger charge is -2.38. The molecule has 1 atom stereocenters. The normalized spacial score (nSPS) is 21.9. The smallest absolute Gasteiger partial charge is 0.410 e. The Morgan fingerprint density at radius 2 is 2.05 bits per heavy atom. The lowest BCUT2D eigenvalue weighted by molar-refractivity contribution is -0.152. The average Bonchev–Trinajstić information content (AvgIpc) is 2.53. The number of likely N-dealkylation sites (tertiary alicyclic amines) is 1. The van der Waals surface area contributed by atoms with Crippen molar-refractivity contribution in [1.29, 1.82) is 0 Å². The summed E-state index contributed by atoms with van der Waals surface area (Å²) in [6, 6.07) is 9.44. The number of hydrogen-bond acceptors (Lipinski definition) is 3. The van der Waals surface area contributed by atoms with Crippen LogP contribution >= 0.6 is 0 Å². The van der Waals surface area contributed by atoms with Gasteiger partial charge in [-0.3, -0.25) is 4.79 Å². The molecule has 5 nitrogen and oxygen atoms in total. The van der Waals surface area contributed by atoms with Crippen LogP contribution < -0.4 is 0 Å². The number of benzene rings is 1. The molecule has 0 radical (unpaired) electrons. The summed E-state index contributed by atoms with van der Waals surface area (Å²) in [5.74, 6) is -0.828. The van der Waals surface area contributed by atoms with E-state index in [4.69, 9.17) is 4.74 Å². The van der Waals surface area contributed by atoms with Gasteiger partial charge in [-0.05, 0) is 24.8 Å². The van der Waals surface area contributed by atoms with E-state index in [1.807, 2.05) is 37.3 Å². The van der Waals surface area contributed by atoms with Crippen molar-refractivity contribution in [3.8, 4) is 0 Å². The fourth-order valence-corrected chi connectivity index (χ4v) is 2.71. The van der Waals surface area contributed by atoms with Gasteiger partial charge in [0.2, 0.25) is 0 Å². The van der Waals surface area contributed by atoms with Crippen molar-refractivity contribution >= 4 is 12.1 Å². The molecule has 0 saturated carbocycles. The molecule has 1 heterocycles. The largest absolute Gasteiger partial charge is 0.481 e. The summed E-state index contributed by atoms with van der Waals surface area (Å²) in [6.07, 6.45) is 1.39. The Hall–Kier alpha value is -2.04. The second-order valence-corrected chi connectivity index (χ2v) is 5.50. The molecular formula is C16H21NO4. The Balaban J connectivity index is 1.94. The van der Waals surface area contributed by atoms with Crippen molar-refractivity contribution in [3.05, 3.63) is 35.9 Å². The number of aliphatic carboxylic acids is 1. The summed E-state index contributed by atoms with van der Waals surface area (Å²) in [7, 11) is 0. The molecule has 21 heavy (non-hydrogen) atoms. The molecule has 114 valence electrons. The minimum atomic E-state index is -0.829. The van der Waals surface area contributed by atoms with E-state index < -0.39 is 17.5 Å². The minimum absolute atomic E-state index is 0.211. The van der Waals surface area contributed by atoms with E-state index in [-0.39, 0.29) is 13.2 Å². The number of nitrogens with zero attached hydrogens (tertiary/aromatic N) is 1. The van der Waals surface area contributed by atoms with Gasteiger partial charge in [0.1, 0.15) is 6.61 Å². The van der Waals surface area contributed by atoms with Crippen LogP contribution in [0.5, 0.6) is 0 Å². The molecule has 0 unspecified atom stereocenters. The summed E-state index contributed by atoms with van der Waals surface area (Å²) in [6.45, 7) is 2.85. The molecule has 1 fully saturated rings. The molecule has 1 N–H and O–H groups in total. The van der Waals surface area contributed by atoms with Crippen molar-refractivity contribution in [2.24, 2.45) is 5.41 Å². The molecule has 0 aliphatic carbocycles. The number of hydrogen-bond donors (Lipinski definition) is 1. The van der Waals surface area contributed by atoms with E-state index in [9.17, 15) is 14.7 Å². The Bertz CT molecular complexity index is 502. The summed E-state index contributed by atoms with van der Waals surface area (Å²) < 4.78 is 5.28. The van der Waals surface area contributed by atoms with Crippen LogP contribution in [0.15, 0.2) is 30.3 Å². The maximum atomic E-state index is 12.1. The van der Waals surface area contributed by atoms with Crippen LogP contribution in [-0.4, -0.2) is 35.2 Å². The van der Waals surface area contributed by atoms with E-state index in [0.29, 0.717) is 25.8 Å². The zero-order chi connectivity index (χ0) is 15.3. The van der Waals surface area contributed by atoms with Gasteiger partial charge >= 0.3 is 12.1 Å². The highest BCUT2D eigenvalue weighted by atomic mass is 16.6. The van der Waals surface area contributed by atoms with Gasteiger partial charge in [0.15, 0.2) is 0 Å². The second kappa shape index (κ2) is 6.61. The summed E-state index contributed by atoms with van der Waals surface area (Å²) in [4.78, 5) is 25.1. The first kappa shape index (κ1) is 15.4. The number of rotatable bonds is 4. The third-order valence-corrected chi connectivity index (χ3v) is 4.17. The summed E-state index contributed by atoms with van der Waals surface area (Å²) >= 11 is 0. The summed E-state index contributed by atoms with van der Waals surface area (Å²) in [5.41, 5.74) is 0.0900. The van der Waals surface area contributed by atoms with Gasteiger partial charge in [0.25, 0.3) is 0 Å². The van der Waals surface area contributed by atoms with Crippen LogP contribution in [0.3, 0.4) is 0 Å². The van der Waals surface area contributed by atoms with Gasteiger partial charge in [0, 0.05) is 13.1 Å². The number of carbonyl (C=O) groups excluding carboxylic acids is 1. The second-order valence-electron chi connectivity index (χ2n) is 5.50. The predicted octanol–water partition coefficient (Wildman–Crippen LogP) is 2.90. The van der Waals surface area contributed by atoms with Gasteiger partial charge in [-0.25, -0.2) is 4.79 Å². The van der Waals surface area contributed by atoms with Crippen LogP contribution in [0, 0.1) is 5.41 Å². The third kappa shape index (κ3) is 3.54. The number of ether oxygens (including phenoxy) is 1.